The minimum absolute atomic E-state index is 0.0359. The van der Waals surface area contributed by atoms with Gasteiger partial charge >= 0.3 is 12.1 Å². The first kappa shape index (κ1) is 12.0. The molecule has 0 spiro atoms. The zero-order valence-electron chi connectivity index (χ0n) is 7.01. The number of halogens is 3. The molecule has 0 atom stereocenters. The summed E-state index contributed by atoms with van der Waals surface area (Å²) in [6.07, 6.45) is -2.27. The quantitative estimate of drug-likeness (QED) is 0.686. The van der Waals surface area contributed by atoms with Crippen molar-refractivity contribution in [2.45, 2.75) is 6.18 Å². The lowest BCUT2D eigenvalue weighted by atomic mass is 10.4. The molecule has 0 saturated heterocycles. The van der Waals surface area contributed by atoms with Gasteiger partial charge in [-0.05, 0) is 7.05 Å². The summed E-state index contributed by atoms with van der Waals surface area (Å²) in [4.78, 5) is 10.9. The molecule has 0 rings (SSSR count). The number of alkyl halides is 3. The van der Waals surface area contributed by atoms with E-state index in [1.807, 2.05) is 0 Å². The molecule has 0 unspecified atom stereocenters. The van der Waals surface area contributed by atoms with E-state index in [0.29, 0.717) is 0 Å². The molecule has 0 aliphatic carbocycles. The van der Waals surface area contributed by atoms with E-state index in [-0.39, 0.29) is 6.54 Å². The smallest absolute Gasteiger partial charge is 0.401 e. The number of likely N-dealkylation sites (N-methyl/N-ethyl adjacent to an activating group) is 1. The fourth-order valence-electron chi connectivity index (χ4n) is 0.704. The van der Waals surface area contributed by atoms with E-state index < -0.39 is 18.7 Å². The Morgan fingerprint density at radius 2 is 2.08 bits per heavy atom. The Morgan fingerprint density at radius 1 is 1.54 bits per heavy atom. The topological polar surface area (TPSA) is 40.5 Å². The third-order valence-corrected chi connectivity index (χ3v) is 1.13. The van der Waals surface area contributed by atoms with Crippen LogP contribution in [0.5, 0.6) is 0 Å². The highest BCUT2D eigenvalue weighted by atomic mass is 19.4. The Morgan fingerprint density at radius 3 is 2.46 bits per heavy atom. The number of aliphatic carboxylic acids is 1. The minimum atomic E-state index is -4.24. The number of carbonyl (C=O) groups is 1. The van der Waals surface area contributed by atoms with Crippen LogP contribution in [0.25, 0.3) is 0 Å². The maximum Gasteiger partial charge on any atom is 0.401 e. The summed E-state index contributed by atoms with van der Waals surface area (Å²) in [6.45, 7) is -1.08. The van der Waals surface area contributed by atoms with Crippen molar-refractivity contribution in [3.63, 3.8) is 0 Å². The van der Waals surface area contributed by atoms with Gasteiger partial charge in [0.05, 0.1) is 6.54 Å². The standard InChI is InChI=1S/C7H10F3NO2/c1-11(5-7(8,9)10)4-2-3-6(12)13/h2-3H,4-5H2,1H3,(H,12,13)/b3-2+. The summed E-state index contributed by atoms with van der Waals surface area (Å²) >= 11 is 0. The van der Waals surface area contributed by atoms with Crippen LogP contribution < -0.4 is 0 Å². The van der Waals surface area contributed by atoms with Crippen LogP contribution >= 0.6 is 0 Å². The van der Waals surface area contributed by atoms with E-state index in [1.165, 1.54) is 7.05 Å². The predicted molar refractivity (Wildman–Crippen MR) is 40.3 cm³/mol. The van der Waals surface area contributed by atoms with Crippen molar-refractivity contribution in [2.24, 2.45) is 0 Å². The third kappa shape index (κ3) is 8.87. The Kier molecular flexibility index (Phi) is 4.47. The van der Waals surface area contributed by atoms with Crippen molar-refractivity contribution in [1.82, 2.24) is 4.90 Å². The molecule has 0 heterocycles. The van der Waals surface area contributed by atoms with Crippen molar-refractivity contribution in [3.8, 4) is 0 Å². The second-order valence-corrected chi connectivity index (χ2v) is 2.55. The molecule has 1 N–H and O–H groups in total. The van der Waals surface area contributed by atoms with Crippen LogP contribution in [0, 0.1) is 0 Å². The molecule has 0 aliphatic heterocycles. The normalized spacial score (nSPS) is 12.7. The Bertz CT molecular complexity index is 200. The Hall–Kier alpha value is -1.04. The number of nitrogens with zero attached hydrogens (tertiary/aromatic N) is 1. The average molecular weight is 197 g/mol. The lowest BCUT2D eigenvalue weighted by Gasteiger charge is -2.15. The van der Waals surface area contributed by atoms with Gasteiger partial charge in [-0.15, -0.1) is 0 Å². The van der Waals surface area contributed by atoms with Gasteiger partial charge < -0.3 is 5.11 Å². The molecule has 0 fully saturated rings. The molecule has 0 aliphatic rings. The van der Waals surface area contributed by atoms with E-state index in [4.69, 9.17) is 5.11 Å². The molecule has 0 radical (unpaired) electrons. The van der Waals surface area contributed by atoms with E-state index in [2.05, 4.69) is 0 Å². The number of hydrogen-bond acceptors (Lipinski definition) is 2. The third-order valence-electron chi connectivity index (χ3n) is 1.13. The van der Waals surface area contributed by atoms with E-state index in [0.717, 1.165) is 17.1 Å². The Balaban J connectivity index is 3.76. The van der Waals surface area contributed by atoms with Gasteiger partial charge in [0.1, 0.15) is 0 Å². The maximum atomic E-state index is 11.7. The van der Waals surface area contributed by atoms with Crippen LogP contribution in [-0.2, 0) is 4.79 Å². The second kappa shape index (κ2) is 4.86. The van der Waals surface area contributed by atoms with Crippen LogP contribution in [0.1, 0.15) is 0 Å². The highest BCUT2D eigenvalue weighted by Gasteiger charge is 2.28. The van der Waals surface area contributed by atoms with Gasteiger partial charge in [-0.2, -0.15) is 13.2 Å². The lowest BCUT2D eigenvalue weighted by molar-refractivity contribution is -0.141. The molecule has 6 heteroatoms. The number of carboxylic acid groups (broad SMARTS) is 1. The van der Waals surface area contributed by atoms with Crippen LogP contribution in [0.2, 0.25) is 0 Å². The summed E-state index contributed by atoms with van der Waals surface area (Å²) in [6, 6.07) is 0. The molecule has 0 aromatic carbocycles. The van der Waals surface area contributed by atoms with Crippen molar-refractivity contribution >= 4 is 5.97 Å². The van der Waals surface area contributed by atoms with Crippen LogP contribution in [0.15, 0.2) is 12.2 Å². The predicted octanol–water partition coefficient (Wildman–Crippen LogP) is 1.12. The largest absolute Gasteiger partial charge is 0.478 e. The zero-order valence-corrected chi connectivity index (χ0v) is 7.01. The van der Waals surface area contributed by atoms with Crippen molar-refractivity contribution < 1.29 is 23.1 Å². The van der Waals surface area contributed by atoms with Crippen LogP contribution in [0.3, 0.4) is 0 Å². The van der Waals surface area contributed by atoms with Crippen molar-refractivity contribution in [3.05, 3.63) is 12.2 Å². The first-order chi connectivity index (χ1) is 5.81. The van der Waals surface area contributed by atoms with Gasteiger partial charge in [-0.1, -0.05) is 6.08 Å². The van der Waals surface area contributed by atoms with Crippen LogP contribution in [-0.4, -0.2) is 42.3 Å². The average Bonchev–Trinajstić information content (AvgIpc) is 1.81. The number of hydrogen-bond donors (Lipinski definition) is 1. The van der Waals surface area contributed by atoms with Gasteiger partial charge in [-0.25, -0.2) is 4.79 Å². The molecular formula is C7H10F3NO2. The van der Waals surface area contributed by atoms with E-state index >= 15 is 0 Å². The first-order valence-electron chi connectivity index (χ1n) is 3.46. The zero-order chi connectivity index (χ0) is 10.5. The molecule has 3 nitrogen and oxygen atoms in total. The van der Waals surface area contributed by atoms with Gasteiger partial charge in [0.25, 0.3) is 0 Å². The molecule has 0 aromatic rings. The maximum absolute atomic E-state index is 11.7. The molecule has 76 valence electrons. The van der Waals surface area contributed by atoms with E-state index in [9.17, 15) is 18.0 Å². The molecule has 0 amide bonds. The molecule has 13 heavy (non-hydrogen) atoms. The SMILES string of the molecule is CN(C/C=C/C(=O)O)CC(F)(F)F. The summed E-state index contributed by atoms with van der Waals surface area (Å²) in [5.41, 5.74) is 0. The van der Waals surface area contributed by atoms with Gasteiger partial charge in [-0.3, -0.25) is 4.90 Å². The number of carboxylic acids is 1. The first-order valence-corrected chi connectivity index (χ1v) is 3.46. The summed E-state index contributed by atoms with van der Waals surface area (Å²) < 4.78 is 35.1. The summed E-state index contributed by atoms with van der Waals surface area (Å²) in [5, 5.41) is 8.13. The molecule has 0 saturated carbocycles. The fraction of sp³-hybridized carbons (Fsp3) is 0.571. The summed E-state index contributed by atoms with van der Waals surface area (Å²) in [5.74, 6) is -1.17. The monoisotopic (exact) mass is 197 g/mol. The van der Waals surface area contributed by atoms with Gasteiger partial charge in [0.15, 0.2) is 0 Å². The molecule has 0 aromatic heterocycles. The minimum Gasteiger partial charge on any atom is -0.478 e. The lowest BCUT2D eigenvalue weighted by Crippen LogP contribution is -2.31. The second-order valence-electron chi connectivity index (χ2n) is 2.55. The molecular weight excluding hydrogens is 187 g/mol. The van der Waals surface area contributed by atoms with E-state index in [1.54, 1.807) is 0 Å². The van der Waals surface area contributed by atoms with Crippen molar-refractivity contribution in [1.29, 1.82) is 0 Å². The van der Waals surface area contributed by atoms with Crippen LogP contribution in [0.4, 0.5) is 13.2 Å². The fourth-order valence-corrected chi connectivity index (χ4v) is 0.704. The van der Waals surface area contributed by atoms with Gasteiger partial charge in [0.2, 0.25) is 0 Å². The highest BCUT2D eigenvalue weighted by molar-refractivity contribution is 5.79. The molecule has 0 bridgehead atoms. The summed E-state index contributed by atoms with van der Waals surface area (Å²) in [7, 11) is 1.26. The van der Waals surface area contributed by atoms with Crippen molar-refractivity contribution in [2.75, 3.05) is 20.1 Å². The number of rotatable bonds is 4. The van der Waals surface area contributed by atoms with Gasteiger partial charge in [0, 0.05) is 12.6 Å². The Labute approximate surface area is 73.5 Å². The highest BCUT2D eigenvalue weighted by Crippen LogP contribution is 2.15.